The quantitative estimate of drug-likeness (QED) is 0.568. The van der Waals surface area contributed by atoms with Crippen LogP contribution >= 0.6 is 0 Å². The Bertz CT molecular complexity index is 1130. The van der Waals surface area contributed by atoms with Gasteiger partial charge in [-0.25, -0.2) is 13.2 Å². The van der Waals surface area contributed by atoms with E-state index < -0.39 is 40.5 Å². The van der Waals surface area contributed by atoms with Crippen LogP contribution in [0.3, 0.4) is 0 Å². The molecule has 1 aliphatic rings. The van der Waals surface area contributed by atoms with Crippen LogP contribution in [0.4, 0.5) is 5.69 Å². The van der Waals surface area contributed by atoms with Gasteiger partial charge < -0.3 is 14.8 Å². The Hall–Kier alpha value is -3.24. The van der Waals surface area contributed by atoms with Gasteiger partial charge in [0.05, 0.1) is 17.1 Å². The first kappa shape index (κ1) is 25.4. The monoisotopic (exact) mass is 488 g/mol. The first-order chi connectivity index (χ1) is 16.2. The lowest BCUT2D eigenvalue weighted by Crippen LogP contribution is -2.48. The molecule has 1 atom stereocenters. The summed E-state index contributed by atoms with van der Waals surface area (Å²) in [6.07, 6.45) is 1.64. The van der Waals surface area contributed by atoms with E-state index in [1.807, 2.05) is 6.92 Å². The summed E-state index contributed by atoms with van der Waals surface area (Å²) < 4.78 is 37.5. The zero-order valence-corrected chi connectivity index (χ0v) is 20.0. The summed E-state index contributed by atoms with van der Waals surface area (Å²) in [7, 11) is -3.88. The Morgan fingerprint density at radius 3 is 2.32 bits per heavy atom. The first-order valence-electron chi connectivity index (χ1n) is 11.0. The van der Waals surface area contributed by atoms with E-state index in [1.54, 1.807) is 19.1 Å². The highest BCUT2D eigenvalue weighted by molar-refractivity contribution is 7.89. The van der Waals surface area contributed by atoms with Gasteiger partial charge in [-0.3, -0.25) is 9.59 Å². The maximum Gasteiger partial charge on any atom is 0.338 e. The fourth-order valence-corrected chi connectivity index (χ4v) is 5.25. The lowest BCUT2D eigenvalue weighted by Gasteiger charge is -2.33. The van der Waals surface area contributed by atoms with Crippen LogP contribution in [0, 0.1) is 6.92 Å². The molecule has 2 aromatic carbocycles. The summed E-state index contributed by atoms with van der Waals surface area (Å²) in [5.74, 6) is -1.81. The number of ether oxygens (including phenoxy) is 2. The third-order valence-corrected chi connectivity index (χ3v) is 7.30. The molecule has 182 valence electrons. The van der Waals surface area contributed by atoms with Crippen molar-refractivity contribution >= 4 is 33.6 Å². The van der Waals surface area contributed by atoms with Crippen LogP contribution in [0.2, 0.25) is 0 Å². The molecule has 1 saturated heterocycles. The standard InChI is InChI=1S/C24H28N2O7S/c1-3-32-23(28)18-9-11-19(12-10-18)25-22(27)16-33-24(29)21-6-4-5-15-26(21)34(30,31)20-13-7-17(2)8-14-20/h7-14,21H,3-6,15-16H2,1-2H3,(H,25,27). The minimum Gasteiger partial charge on any atom is -0.462 e. The molecule has 0 saturated carbocycles. The predicted molar refractivity (Wildman–Crippen MR) is 125 cm³/mol. The van der Waals surface area contributed by atoms with Crippen molar-refractivity contribution in [2.75, 3.05) is 25.1 Å². The normalized spacial score (nSPS) is 16.5. The molecule has 2 aromatic rings. The van der Waals surface area contributed by atoms with Crippen LogP contribution < -0.4 is 5.32 Å². The zero-order chi connectivity index (χ0) is 24.7. The van der Waals surface area contributed by atoms with E-state index in [9.17, 15) is 22.8 Å². The summed E-state index contributed by atoms with van der Waals surface area (Å²) in [4.78, 5) is 36.8. The van der Waals surface area contributed by atoms with E-state index in [-0.39, 0.29) is 18.0 Å². The van der Waals surface area contributed by atoms with Gasteiger partial charge in [-0.05, 0) is 69.5 Å². The number of nitrogens with zero attached hydrogens (tertiary/aromatic N) is 1. The fourth-order valence-electron chi connectivity index (χ4n) is 3.61. The number of aryl methyl sites for hydroxylation is 1. The molecule has 1 fully saturated rings. The Balaban J connectivity index is 1.59. The third-order valence-electron chi connectivity index (χ3n) is 5.38. The van der Waals surface area contributed by atoms with Gasteiger partial charge in [-0.15, -0.1) is 0 Å². The van der Waals surface area contributed by atoms with Gasteiger partial charge in [-0.1, -0.05) is 17.7 Å². The Kier molecular flexibility index (Phi) is 8.41. The number of amides is 1. The maximum atomic E-state index is 13.1. The number of nitrogens with one attached hydrogen (secondary N) is 1. The van der Waals surface area contributed by atoms with Crippen LogP contribution in [0.5, 0.6) is 0 Å². The molecule has 1 heterocycles. The second-order valence-electron chi connectivity index (χ2n) is 7.89. The number of carbonyl (C=O) groups is 3. The van der Waals surface area contributed by atoms with E-state index >= 15 is 0 Å². The minimum atomic E-state index is -3.88. The Morgan fingerprint density at radius 2 is 1.68 bits per heavy atom. The summed E-state index contributed by atoms with van der Waals surface area (Å²) in [6.45, 7) is 3.46. The molecule has 1 unspecified atom stereocenters. The van der Waals surface area contributed by atoms with E-state index in [1.165, 1.54) is 36.4 Å². The smallest absolute Gasteiger partial charge is 0.338 e. The molecule has 34 heavy (non-hydrogen) atoms. The number of benzene rings is 2. The first-order valence-corrected chi connectivity index (χ1v) is 12.5. The molecular weight excluding hydrogens is 460 g/mol. The van der Waals surface area contributed by atoms with E-state index in [2.05, 4.69) is 5.32 Å². The molecule has 0 aliphatic carbocycles. The van der Waals surface area contributed by atoms with Crippen molar-refractivity contribution in [3.8, 4) is 0 Å². The SMILES string of the molecule is CCOC(=O)c1ccc(NC(=O)COC(=O)C2CCCCN2S(=O)(=O)c2ccc(C)cc2)cc1. The van der Waals surface area contributed by atoms with Crippen LogP contribution in [0.1, 0.15) is 42.1 Å². The Morgan fingerprint density at radius 1 is 1.00 bits per heavy atom. The molecule has 1 amide bonds. The van der Waals surface area contributed by atoms with Gasteiger partial charge in [-0.2, -0.15) is 4.31 Å². The number of sulfonamides is 1. The van der Waals surface area contributed by atoms with Crippen molar-refractivity contribution < 1.29 is 32.3 Å². The number of hydrogen-bond acceptors (Lipinski definition) is 7. The molecule has 0 bridgehead atoms. The highest BCUT2D eigenvalue weighted by atomic mass is 32.2. The minimum absolute atomic E-state index is 0.113. The van der Waals surface area contributed by atoms with Crippen molar-refractivity contribution in [2.24, 2.45) is 0 Å². The van der Waals surface area contributed by atoms with Gasteiger partial charge in [0.15, 0.2) is 6.61 Å². The molecule has 0 radical (unpaired) electrons. The average molecular weight is 489 g/mol. The largest absolute Gasteiger partial charge is 0.462 e. The van der Waals surface area contributed by atoms with Gasteiger partial charge >= 0.3 is 11.9 Å². The average Bonchev–Trinajstić information content (AvgIpc) is 2.83. The van der Waals surface area contributed by atoms with Gasteiger partial charge in [0.25, 0.3) is 5.91 Å². The maximum absolute atomic E-state index is 13.1. The lowest BCUT2D eigenvalue weighted by molar-refractivity contribution is -0.152. The molecule has 3 rings (SSSR count). The van der Waals surface area contributed by atoms with E-state index in [4.69, 9.17) is 9.47 Å². The van der Waals surface area contributed by atoms with E-state index in [0.717, 1.165) is 9.87 Å². The van der Waals surface area contributed by atoms with Gasteiger partial charge in [0.1, 0.15) is 6.04 Å². The van der Waals surface area contributed by atoms with Gasteiger partial charge in [0.2, 0.25) is 10.0 Å². The summed E-state index contributed by atoms with van der Waals surface area (Å²) in [5, 5.41) is 2.57. The van der Waals surface area contributed by atoms with Crippen molar-refractivity contribution in [2.45, 2.75) is 44.0 Å². The van der Waals surface area contributed by atoms with E-state index in [0.29, 0.717) is 30.5 Å². The molecule has 0 spiro atoms. The van der Waals surface area contributed by atoms with Gasteiger partial charge in [0, 0.05) is 12.2 Å². The highest BCUT2D eigenvalue weighted by Crippen LogP contribution is 2.26. The lowest BCUT2D eigenvalue weighted by atomic mass is 10.1. The molecule has 10 heteroatoms. The summed E-state index contributed by atoms with van der Waals surface area (Å²) in [5.41, 5.74) is 1.68. The molecule has 9 nitrogen and oxygen atoms in total. The molecule has 0 aromatic heterocycles. The number of piperidine rings is 1. The highest BCUT2D eigenvalue weighted by Gasteiger charge is 2.38. The third kappa shape index (κ3) is 6.21. The summed E-state index contributed by atoms with van der Waals surface area (Å²) >= 11 is 0. The van der Waals surface area contributed by atoms with Crippen LogP contribution in [0.15, 0.2) is 53.4 Å². The van der Waals surface area contributed by atoms with Crippen LogP contribution in [-0.2, 0) is 29.1 Å². The van der Waals surface area contributed by atoms with Crippen molar-refractivity contribution in [3.63, 3.8) is 0 Å². The topological polar surface area (TPSA) is 119 Å². The second-order valence-corrected chi connectivity index (χ2v) is 9.78. The van der Waals surface area contributed by atoms with Crippen molar-refractivity contribution in [1.29, 1.82) is 0 Å². The number of anilines is 1. The molecule has 1 N–H and O–H groups in total. The molecule has 1 aliphatic heterocycles. The van der Waals surface area contributed by atoms with Crippen molar-refractivity contribution in [1.82, 2.24) is 4.31 Å². The van der Waals surface area contributed by atoms with Crippen LogP contribution in [0.25, 0.3) is 0 Å². The number of hydrogen-bond donors (Lipinski definition) is 1. The fraction of sp³-hybridized carbons (Fsp3) is 0.375. The second kappa shape index (κ2) is 11.3. The van der Waals surface area contributed by atoms with Crippen LogP contribution in [-0.4, -0.2) is 56.4 Å². The van der Waals surface area contributed by atoms with Crippen molar-refractivity contribution in [3.05, 3.63) is 59.7 Å². The molecular formula is C24H28N2O7S. The summed E-state index contributed by atoms with van der Waals surface area (Å²) in [6, 6.07) is 11.5. The number of esters is 2. The Labute approximate surface area is 199 Å². The number of carbonyl (C=O) groups excluding carboxylic acids is 3. The zero-order valence-electron chi connectivity index (χ0n) is 19.2. The number of rotatable bonds is 8. The predicted octanol–water partition coefficient (Wildman–Crippen LogP) is 2.90.